The fourth-order valence-corrected chi connectivity index (χ4v) is 4.36. The van der Waals surface area contributed by atoms with Crippen molar-refractivity contribution in [3.63, 3.8) is 0 Å². The quantitative estimate of drug-likeness (QED) is 0.519. The Bertz CT molecular complexity index is 131. The second-order valence-corrected chi connectivity index (χ2v) is 5.45. The van der Waals surface area contributed by atoms with Crippen LogP contribution in [0.5, 0.6) is 0 Å². The summed E-state index contributed by atoms with van der Waals surface area (Å²) in [5.74, 6) is 2.08. The zero-order valence-electron chi connectivity index (χ0n) is 6.84. The molecule has 0 nitrogen and oxygen atoms in total. The fraction of sp³-hybridized carbons (Fsp3) is 1.00. The highest BCUT2D eigenvalue weighted by molar-refractivity contribution is 8.00. The zero-order chi connectivity index (χ0) is 7.14. The van der Waals surface area contributed by atoms with Gasteiger partial charge in [-0.3, -0.25) is 0 Å². The summed E-state index contributed by atoms with van der Waals surface area (Å²) in [6.45, 7) is 4.83. The molecule has 0 aromatic carbocycles. The summed E-state index contributed by atoms with van der Waals surface area (Å²) in [4.78, 5) is 0. The molecule has 0 N–H and O–H groups in total. The summed E-state index contributed by atoms with van der Waals surface area (Å²) in [6, 6.07) is 0. The molecule has 10 heavy (non-hydrogen) atoms. The van der Waals surface area contributed by atoms with Crippen LogP contribution in [0.1, 0.15) is 33.1 Å². The molecule has 58 valence electrons. The fourth-order valence-electron chi connectivity index (χ4n) is 2.47. The van der Waals surface area contributed by atoms with Gasteiger partial charge in [0.25, 0.3) is 0 Å². The van der Waals surface area contributed by atoms with E-state index in [1.807, 2.05) is 0 Å². The Morgan fingerprint density at radius 2 is 2.00 bits per heavy atom. The van der Waals surface area contributed by atoms with Crippen molar-refractivity contribution < 1.29 is 0 Å². The van der Waals surface area contributed by atoms with Crippen LogP contribution >= 0.6 is 11.8 Å². The van der Waals surface area contributed by atoms with Gasteiger partial charge in [-0.2, -0.15) is 11.8 Å². The van der Waals surface area contributed by atoms with Crippen molar-refractivity contribution in [3.8, 4) is 0 Å². The van der Waals surface area contributed by atoms with E-state index in [2.05, 4.69) is 25.6 Å². The van der Waals surface area contributed by atoms with Gasteiger partial charge in [0.1, 0.15) is 0 Å². The second-order valence-electron chi connectivity index (χ2n) is 3.83. The van der Waals surface area contributed by atoms with E-state index in [-0.39, 0.29) is 0 Å². The van der Waals surface area contributed by atoms with Gasteiger partial charge in [0, 0.05) is 10.5 Å². The Hall–Kier alpha value is 0.350. The van der Waals surface area contributed by atoms with Crippen LogP contribution in [-0.2, 0) is 0 Å². The number of hydrogen-bond donors (Lipinski definition) is 0. The van der Waals surface area contributed by atoms with Crippen LogP contribution in [0.4, 0.5) is 0 Å². The molecular formula is C9H16S. The average molecular weight is 156 g/mol. The first-order chi connectivity index (χ1) is 4.79. The molecule has 0 aromatic rings. The van der Waals surface area contributed by atoms with Crippen LogP contribution in [0, 0.1) is 11.8 Å². The van der Waals surface area contributed by atoms with Crippen molar-refractivity contribution in [2.45, 2.75) is 43.6 Å². The van der Waals surface area contributed by atoms with Crippen molar-refractivity contribution in [2.75, 3.05) is 0 Å². The molecule has 1 saturated heterocycles. The summed E-state index contributed by atoms with van der Waals surface area (Å²) < 4.78 is 0. The van der Waals surface area contributed by atoms with Gasteiger partial charge in [0.05, 0.1) is 0 Å². The van der Waals surface area contributed by atoms with Gasteiger partial charge in [-0.05, 0) is 24.7 Å². The molecule has 1 aliphatic heterocycles. The molecule has 0 spiro atoms. The normalized spacial score (nSPS) is 53.4. The van der Waals surface area contributed by atoms with E-state index in [0.29, 0.717) is 0 Å². The maximum absolute atomic E-state index is 2.44. The summed E-state index contributed by atoms with van der Waals surface area (Å²) in [5, 5.41) is 1.99. The molecule has 1 saturated carbocycles. The number of hydrogen-bond acceptors (Lipinski definition) is 1. The van der Waals surface area contributed by atoms with Crippen molar-refractivity contribution in [2.24, 2.45) is 11.8 Å². The topological polar surface area (TPSA) is 0 Å². The Kier molecular flexibility index (Phi) is 1.71. The van der Waals surface area contributed by atoms with Gasteiger partial charge in [-0.1, -0.05) is 20.3 Å². The lowest BCUT2D eigenvalue weighted by Crippen LogP contribution is -2.12. The second kappa shape index (κ2) is 2.44. The molecule has 0 aromatic heterocycles. The minimum absolute atomic E-state index is 0.940. The third kappa shape index (κ3) is 0.903. The number of fused-ring (bicyclic) bond motifs is 1. The molecule has 4 unspecified atom stereocenters. The van der Waals surface area contributed by atoms with Crippen molar-refractivity contribution in [3.05, 3.63) is 0 Å². The first kappa shape index (κ1) is 7.02. The standard InChI is InChI=1S/C9H16S/c1-6-7(2)10-9-5-3-4-8(6)9/h6-9H,3-5H2,1-2H3. The highest BCUT2D eigenvalue weighted by atomic mass is 32.2. The van der Waals surface area contributed by atoms with E-state index in [0.717, 1.165) is 22.3 Å². The van der Waals surface area contributed by atoms with Crippen LogP contribution in [0.25, 0.3) is 0 Å². The van der Waals surface area contributed by atoms with E-state index in [9.17, 15) is 0 Å². The summed E-state index contributed by atoms with van der Waals surface area (Å²) in [5.41, 5.74) is 0. The minimum atomic E-state index is 0.940. The van der Waals surface area contributed by atoms with Gasteiger partial charge in [0.15, 0.2) is 0 Å². The van der Waals surface area contributed by atoms with Crippen LogP contribution in [0.2, 0.25) is 0 Å². The molecule has 0 amide bonds. The molecule has 2 fully saturated rings. The van der Waals surface area contributed by atoms with Gasteiger partial charge in [-0.15, -0.1) is 0 Å². The van der Waals surface area contributed by atoms with Crippen LogP contribution in [0.15, 0.2) is 0 Å². The first-order valence-electron chi connectivity index (χ1n) is 4.44. The lowest BCUT2D eigenvalue weighted by molar-refractivity contribution is 0.398. The zero-order valence-corrected chi connectivity index (χ0v) is 7.66. The summed E-state index contributed by atoms with van der Waals surface area (Å²) >= 11 is 2.24. The molecule has 0 bridgehead atoms. The highest BCUT2D eigenvalue weighted by Gasteiger charge is 2.41. The Morgan fingerprint density at radius 1 is 1.20 bits per heavy atom. The maximum atomic E-state index is 2.44. The Labute approximate surface area is 67.8 Å². The van der Waals surface area contributed by atoms with Crippen LogP contribution < -0.4 is 0 Å². The van der Waals surface area contributed by atoms with Crippen LogP contribution in [-0.4, -0.2) is 10.5 Å². The predicted octanol–water partition coefficient (Wildman–Crippen LogP) is 2.93. The molecular weight excluding hydrogens is 140 g/mol. The molecule has 1 heteroatoms. The molecule has 1 heterocycles. The minimum Gasteiger partial charge on any atom is -0.155 e. The maximum Gasteiger partial charge on any atom is 0.00810 e. The van der Waals surface area contributed by atoms with E-state index in [1.54, 1.807) is 0 Å². The largest absolute Gasteiger partial charge is 0.155 e. The van der Waals surface area contributed by atoms with Gasteiger partial charge >= 0.3 is 0 Å². The monoisotopic (exact) mass is 156 g/mol. The third-order valence-electron chi connectivity index (χ3n) is 3.31. The third-order valence-corrected chi connectivity index (χ3v) is 5.10. The summed E-state index contributed by atoms with van der Waals surface area (Å²) in [7, 11) is 0. The van der Waals surface area contributed by atoms with Crippen molar-refractivity contribution in [1.82, 2.24) is 0 Å². The molecule has 2 rings (SSSR count). The predicted molar refractivity (Wildman–Crippen MR) is 47.3 cm³/mol. The van der Waals surface area contributed by atoms with E-state index in [1.165, 1.54) is 19.3 Å². The Morgan fingerprint density at radius 3 is 2.70 bits per heavy atom. The van der Waals surface area contributed by atoms with E-state index in [4.69, 9.17) is 0 Å². The molecule has 1 aliphatic carbocycles. The van der Waals surface area contributed by atoms with Gasteiger partial charge in [0.2, 0.25) is 0 Å². The lowest BCUT2D eigenvalue weighted by Gasteiger charge is -2.13. The summed E-state index contributed by atoms with van der Waals surface area (Å²) in [6.07, 6.45) is 4.52. The number of thioether (sulfide) groups is 1. The molecule has 2 aliphatic rings. The molecule has 0 radical (unpaired) electrons. The highest BCUT2D eigenvalue weighted by Crippen LogP contribution is 2.50. The van der Waals surface area contributed by atoms with Crippen molar-refractivity contribution >= 4 is 11.8 Å². The average Bonchev–Trinajstić information content (AvgIpc) is 2.41. The van der Waals surface area contributed by atoms with Gasteiger partial charge in [-0.25, -0.2) is 0 Å². The number of rotatable bonds is 0. The van der Waals surface area contributed by atoms with Gasteiger partial charge < -0.3 is 0 Å². The Balaban J connectivity index is 2.09. The first-order valence-corrected chi connectivity index (χ1v) is 5.39. The van der Waals surface area contributed by atoms with E-state index < -0.39 is 0 Å². The van der Waals surface area contributed by atoms with Crippen molar-refractivity contribution in [1.29, 1.82) is 0 Å². The SMILES string of the molecule is CC1SC2CCCC2C1C. The lowest BCUT2D eigenvalue weighted by atomic mass is 9.91. The van der Waals surface area contributed by atoms with E-state index >= 15 is 0 Å². The smallest absolute Gasteiger partial charge is 0.00810 e. The molecule has 4 atom stereocenters. The van der Waals surface area contributed by atoms with Crippen LogP contribution in [0.3, 0.4) is 0 Å².